The first-order valence-corrected chi connectivity index (χ1v) is 19.4. The summed E-state index contributed by atoms with van der Waals surface area (Å²) in [5.41, 5.74) is 0. The summed E-state index contributed by atoms with van der Waals surface area (Å²) in [5, 5.41) is 39.8. The molecule has 6 atom stereocenters. The Labute approximate surface area is 296 Å². The van der Waals surface area contributed by atoms with Crippen molar-refractivity contribution in [2.75, 3.05) is 19.8 Å². The zero-order chi connectivity index (χ0) is 36.0. The molecule has 10 heteroatoms. The minimum atomic E-state index is -1.59. The summed E-state index contributed by atoms with van der Waals surface area (Å²) in [6, 6.07) is 0. The van der Waals surface area contributed by atoms with Crippen molar-refractivity contribution in [1.82, 2.24) is 0 Å². The molecule has 4 N–H and O–H groups in total. The molecule has 0 amide bonds. The lowest BCUT2D eigenvalue weighted by Crippen LogP contribution is -2.59. The van der Waals surface area contributed by atoms with Gasteiger partial charge >= 0.3 is 11.9 Å². The van der Waals surface area contributed by atoms with Crippen molar-refractivity contribution in [2.45, 2.75) is 192 Å². The average Bonchev–Trinajstić information content (AvgIpc) is 3.10. The van der Waals surface area contributed by atoms with E-state index in [4.69, 9.17) is 18.9 Å². The summed E-state index contributed by atoms with van der Waals surface area (Å²) in [7, 11) is 0. The van der Waals surface area contributed by atoms with Crippen LogP contribution in [0.3, 0.4) is 0 Å². The van der Waals surface area contributed by atoms with Crippen LogP contribution in [0.5, 0.6) is 0 Å². The first-order valence-electron chi connectivity index (χ1n) is 19.4. The molecule has 0 radical (unpaired) electrons. The highest BCUT2D eigenvalue weighted by atomic mass is 16.7. The van der Waals surface area contributed by atoms with Gasteiger partial charge in [0.25, 0.3) is 0 Å². The van der Waals surface area contributed by atoms with E-state index in [9.17, 15) is 30.0 Å². The number of ether oxygens (including phenoxy) is 4. The van der Waals surface area contributed by atoms with E-state index in [1.165, 1.54) is 64.2 Å². The maximum absolute atomic E-state index is 12.6. The number of hydrogen-bond acceptors (Lipinski definition) is 10. The van der Waals surface area contributed by atoms with Gasteiger partial charge in [0.15, 0.2) is 12.4 Å². The molecule has 1 rings (SSSR count). The highest BCUT2D eigenvalue weighted by Gasteiger charge is 2.44. The third-order valence-electron chi connectivity index (χ3n) is 8.84. The first-order chi connectivity index (χ1) is 23.8. The van der Waals surface area contributed by atoms with Crippen LogP contribution in [0.25, 0.3) is 0 Å². The molecule has 1 aliphatic heterocycles. The van der Waals surface area contributed by atoms with E-state index < -0.39 is 49.4 Å². The van der Waals surface area contributed by atoms with Gasteiger partial charge in [0.1, 0.15) is 31.0 Å². The number of aliphatic hydroxyl groups is 4. The SMILES string of the molecule is CCCCC/C=C/C/C=C/CCCCCCCCCC(=O)OC[C@@H](CO[C@H]1O[C@@H](CO)[C@@H](O)C(O)C1O)OC(=O)CCCCCCCCC. The quantitative estimate of drug-likeness (QED) is 0.0339. The average molecular weight is 699 g/mol. The zero-order valence-electron chi connectivity index (χ0n) is 30.7. The Hall–Kier alpha value is -1.82. The van der Waals surface area contributed by atoms with E-state index in [0.717, 1.165) is 57.8 Å². The molecule has 1 saturated heterocycles. The highest BCUT2D eigenvalue weighted by Crippen LogP contribution is 2.22. The maximum Gasteiger partial charge on any atom is 0.306 e. The summed E-state index contributed by atoms with van der Waals surface area (Å²) >= 11 is 0. The second kappa shape index (κ2) is 31.0. The molecule has 1 heterocycles. The topological polar surface area (TPSA) is 152 Å². The van der Waals surface area contributed by atoms with Crippen LogP contribution in [-0.4, -0.2) is 89.0 Å². The highest BCUT2D eigenvalue weighted by molar-refractivity contribution is 5.70. The van der Waals surface area contributed by atoms with Gasteiger partial charge in [0.05, 0.1) is 13.2 Å². The molecule has 1 fully saturated rings. The van der Waals surface area contributed by atoms with Crippen molar-refractivity contribution >= 4 is 11.9 Å². The molecule has 0 spiro atoms. The van der Waals surface area contributed by atoms with Crippen LogP contribution in [0.2, 0.25) is 0 Å². The standard InChI is InChI=1S/C39H70O10/c1-3-5-7-9-11-12-13-14-15-16-17-18-19-20-22-23-25-27-34(41)46-30-32(48-35(42)28-26-24-21-10-8-6-4-2)31-47-39-38(45)37(44)36(43)33(29-40)49-39/h11-12,14-15,32-33,36-40,43-45H,3-10,13,16-31H2,1-2H3/b12-11+,15-14+/t32-,33-,36+,37?,38?,39-/m0/s1. The number of aliphatic hydroxyl groups excluding tert-OH is 4. The van der Waals surface area contributed by atoms with Crippen molar-refractivity contribution < 1.29 is 49.0 Å². The molecule has 286 valence electrons. The zero-order valence-corrected chi connectivity index (χ0v) is 30.7. The number of rotatable bonds is 31. The van der Waals surface area contributed by atoms with Gasteiger partial charge in [-0.25, -0.2) is 0 Å². The van der Waals surface area contributed by atoms with E-state index in [2.05, 4.69) is 38.2 Å². The number of hydrogen-bond donors (Lipinski definition) is 4. The van der Waals surface area contributed by atoms with E-state index in [0.29, 0.717) is 6.42 Å². The molecule has 0 aromatic heterocycles. The monoisotopic (exact) mass is 698 g/mol. The number of carbonyl (C=O) groups excluding carboxylic acids is 2. The molecule has 0 aromatic carbocycles. The van der Waals surface area contributed by atoms with Gasteiger partial charge in [0, 0.05) is 12.8 Å². The summed E-state index contributed by atoms with van der Waals surface area (Å²) < 4.78 is 22.0. The number of esters is 2. The summed E-state index contributed by atoms with van der Waals surface area (Å²) in [6.45, 7) is 3.32. The predicted octanol–water partition coefficient (Wildman–Crippen LogP) is 6.99. The van der Waals surface area contributed by atoms with E-state index in [-0.39, 0.29) is 32.0 Å². The van der Waals surface area contributed by atoms with Crippen LogP contribution in [0.15, 0.2) is 24.3 Å². The fraction of sp³-hybridized carbons (Fsp3) is 0.846. The largest absolute Gasteiger partial charge is 0.462 e. The molecule has 2 unspecified atom stereocenters. The molecular weight excluding hydrogens is 628 g/mol. The molecule has 0 aromatic rings. The summed E-state index contributed by atoms with van der Waals surface area (Å²) in [5.74, 6) is -0.822. The third-order valence-corrected chi connectivity index (χ3v) is 8.84. The fourth-order valence-electron chi connectivity index (χ4n) is 5.69. The van der Waals surface area contributed by atoms with Crippen LogP contribution in [0.4, 0.5) is 0 Å². The van der Waals surface area contributed by atoms with Gasteiger partial charge in [-0.05, 0) is 44.9 Å². The van der Waals surface area contributed by atoms with Gasteiger partial charge in [-0.15, -0.1) is 0 Å². The van der Waals surface area contributed by atoms with Gasteiger partial charge < -0.3 is 39.4 Å². The van der Waals surface area contributed by atoms with Crippen molar-refractivity contribution in [2.24, 2.45) is 0 Å². The van der Waals surface area contributed by atoms with Crippen molar-refractivity contribution in [3.8, 4) is 0 Å². The summed E-state index contributed by atoms with van der Waals surface area (Å²) in [4.78, 5) is 25.0. The van der Waals surface area contributed by atoms with Crippen LogP contribution in [0, 0.1) is 0 Å². The number of carbonyl (C=O) groups is 2. The Bertz CT molecular complexity index is 861. The second-order valence-corrected chi connectivity index (χ2v) is 13.4. The summed E-state index contributed by atoms with van der Waals surface area (Å²) in [6.07, 6.45) is 23.5. The molecule has 49 heavy (non-hydrogen) atoms. The minimum Gasteiger partial charge on any atom is -0.462 e. The maximum atomic E-state index is 12.6. The Morgan fingerprint density at radius 2 is 1.14 bits per heavy atom. The molecule has 1 aliphatic rings. The van der Waals surface area contributed by atoms with Crippen LogP contribution < -0.4 is 0 Å². The van der Waals surface area contributed by atoms with E-state index in [1.54, 1.807) is 0 Å². The van der Waals surface area contributed by atoms with Gasteiger partial charge in [-0.2, -0.15) is 0 Å². The smallest absolute Gasteiger partial charge is 0.306 e. The van der Waals surface area contributed by atoms with Crippen LogP contribution in [0.1, 0.15) is 155 Å². The van der Waals surface area contributed by atoms with Gasteiger partial charge in [0.2, 0.25) is 0 Å². The Morgan fingerprint density at radius 3 is 1.73 bits per heavy atom. The Morgan fingerprint density at radius 1 is 0.633 bits per heavy atom. The Kier molecular flexibility index (Phi) is 28.6. The molecular formula is C39H70O10. The lowest BCUT2D eigenvalue weighted by Gasteiger charge is -2.39. The number of allylic oxidation sites excluding steroid dienone is 4. The van der Waals surface area contributed by atoms with Crippen molar-refractivity contribution in [1.29, 1.82) is 0 Å². The lowest BCUT2D eigenvalue weighted by molar-refractivity contribution is -0.305. The lowest BCUT2D eigenvalue weighted by atomic mass is 9.99. The van der Waals surface area contributed by atoms with E-state index >= 15 is 0 Å². The van der Waals surface area contributed by atoms with E-state index in [1.807, 2.05) is 0 Å². The fourth-order valence-corrected chi connectivity index (χ4v) is 5.69. The number of unbranched alkanes of at least 4 members (excludes halogenated alkanes) is 16. The molecule has 0 bridgehead atoms. The molecule has 10 nitrogen and oxygen atoms in total. The third kappa shape index (κ3) is 23.3. The van der Waals surface area contributed by atoms with Gasteiger partial charge in [-0.1, -0.05) is 122 Å². The molecule has 0 aliphatic carbocycles. The van der Waals surface area contributed by atoms with Crippen molar-refractivity contribution in [3.63, 3.8) is 0 Å². The van der Waals surface area contributed by atoms with Crippen LogP contribution >= 0.6 is 0 Å². The van der Waals surface area contributed by atoms with Gasteiger partial charge in [-0.3, -0.25) is 9.59 Å². The van der Waals surface area contributed by atoms with Crippen molar-refractivity contribution in [3.05, 3.63) is 24.3 Å². The minimum absolute atomic E-state index is 0.220. The Balaban J connectivity index is 2.33. The normalized spacial score (nSPS) is 21.8. The first kappa shape index (κ1) is 45.2. The van der Waals surface area contributed by atoms with Crippen LogP contribution in [-0.2, 0) is 28.5 Å². The second-order valence-electron chi connectivity index (χ2n) is 13.4. The predicted molar refractivity (Wildman–Crippen MR) is 192 cm³/mol. The molecule has 0 saturated carbocycles.